The van der Waals surface area contributed by atoms with Crippen LogP contribution in [-0.4, -0.2) is 16.6 Å². The SMILES string of the molecule is CCC(CCl)N=C(Cl)Cl. The number of halogens is 3. The van der Waals surface area contributed by atoms with Crippen LogP contribution in [0.2, 0.25) is 0 Å². The van der Waals surface area contributed by atoms with E-state index < -0.39 is 0 Å². The highest BCUT2D eigenvalue weighted by molar-refractivity contribution is 6.95. The summed E-state index contributed by atoms with van der Waals surface area (Å²) in [4.78, 5) is 3.83. The first-order valence-corrected chi connectivity index (χ1v) is 3.94. The van der Waals surface area contributed by atoms with Gasteiger partial charge in [-0.3, -0.25) is 4.99 Å². The van der Waals surface area contributed by atoms with Gasteiger partial charge in [-0.1, -0.05) is 6.92 Å². The Morgan fingerprint density at radius 1 is 1.56 bits per heavy atom. The molecule has 0 aliphatic carbocycles. The van der Waals surface area contributed by atoms with Crippen molar-refractivity contribution in [2.45, 2.75) is 19.4 Å². The minimum Gasteiger partial charge on any atom is -0.258 e. The lowest BCUT2D eigenvalue weighted by Gasteiger charge is -2.01. The summed E-state index contributed by atoms with van der Waals surface area (Å²) < 4.78 is 0.0579. The van der Waals surface area contributed by atoms with E-state index in [1.165, 1.54) is 0 Å². The molecule has 0 fully saturated rings. The van der Waals surface area contributed by atoms with Gasteiger partial charge in [0.25, 0.3) is 0 Å². The molecular formula is C5H8Cl3N. The van der Waals surface area contributed by atoms with E-state index in [2.05, 4.69) is 4.99 Å². The molecule has 0 aliphatic heterocycles. The number of rotatable bonds is 3. The maximum atomic E-state index is 5.49. The summed E-state index contributed by atoms with van der Waals surface area (Å²) in [6, 6.07) is 0.0664. The highest BCUT2D eigenvalue weighted by atomic mass is 35.5. The van der Waals surface area contributed by atoms with Gasteiger partial charge >= 0.3 is 0 Å². The van der Waals surface area contributed by atoms with Gasteiger partial charge in [0.2, 0.25) is 0 Å². The number of aliphatic imine (C=N–C) groups is 1. The first-order chi connectivity index (χ1) is 4.20. The van der Waals surface area contributed by atoms with E-state index in [4.69, 9.17) is 34.8 Å². The molecule has 0 aromatic carbocycles. The van der Waals surface area contributed by atoms with Crippen LogP contribution in [0.3, 0.4) is 0 Å². The van der Waals surface area contributed by atoms with Crippen molar-refractivity contribution in [1.82, 2.24) is 0 Å². The van der Waals surface area contributed by atoms with E-state index >= 15 is 0 Å². The summed E-state index contributed by atoms with van der Waals surface area (Å²) >= 11 is 16.1. The Bertz CT molecular complexity index is 94.4. The molecule has 0 amide bonds. The maximum Gasteiger partial charge on any atom is 0.192 e. The smallest absolute Gasteiger partial charge is 0.192 e. The van der Waals surface area contributed by atoms with Crippen molar-refractivity contribution in [3.8, 4) is 0 Å². The van der Waals surface area contributed by atoms with Gasteiger partial charge in [-0.15, -0.1) is 11.6 Å². The van der Waals surface area contributed by atoms with E-state index in [9.17, 15) is 0 Å². The van der Waals surface area contributed by atoms with Crippen molar-refractivity contribution >= 4 is 39.4 Å². The van der Waals surface area contributed by atoms with E-state index in [0.29, 0.717) is 5.88 Å². The van der Waals surface area contributed by atoms with Gasteiger partial charge < -0.3 is 0 Å². The highest BCUT2D eigenvalue weighted by Gasteiger charge is 2.00. The molecule has 0 heterocycles. The van der Waals surface area contributed by atoms with Crippen LogP contribution >= 0.6 is 34.8 Å². The molecule has 1 nitrogen and oxygen atoms in total. The van der Waals surface area contributed by atoms with Crippen LogP contribution in [0.4, 0.5) is 0 Å². The van der Waals surface area contributed by atoms with Gasteiger partial charge in [-0.05, 0) is 29.6 Å². The summed E-state index contributed by atoms with van der Waals surface area (Å²) in [6.45, 7) is 1.98. The van der Waals surface area contributed by atoms with E-state index in [1.54, 1.807) is 0 Å². The molecule has 0 N–H and O–H groups in total. The molecule has 9 heavy (non-hydrogen) atoms. The molecule has 0 rings (SSSR count). The number of hydrogen-bond acceptors (Lipinski definition) is 1. The molecular weight excluding hydrogens is 180 g/mol. The predicted octanol–water partition coefficient (Wildman–Crippen LogP) is 2.84. The van der Waals surface area contributed by atoms with Crippen LogP contribution in [0.25, 0.3) is 0 Å². The van der Waals surface area contributed by atoms with Gasteiger partial charge in [-0.2, -0.15) is 0 Å². The largest absolute Gasteiger partial charge is 0.258 e. The number of nitrogens with zero attached hydrogens (tertiary/aromatic N) is 1. The van der Waals surface area contributed by atoms with Crippen molar-refractivity contribution < 1.29 is 0 Å². The Hall–Kier alpha value is 0.540. The molecule has 0 saturated carbocycles. The summed E-state index contributed by atoms with van der Waals surface area (Å²) in [5.41, 5.74) is 0. The van der Waals surface area contributed by atoms with Gasteiger partial charge in [0.1, 0.15) is 0 Å². The average molecular weight is 188 g/mol. The second-order valence-electron chi connectivity index (χ2n) is 1.59. The highest BCUT2D eigenvalue weighted by Crippen LogP contribution is 2.03. The molecule has 0 aromatic rings. The standard InChI is InChI=1S/C5H8Cl3N/c1-2-4(3-6)9-5(7)8/h4H,2-3H2,1H3. The van der Waals surface area contributed by atoms with Crippen molar-refractivity contribution in [1.29, 1.82) is 0 Å². The summed E-state index contributed by atoms with van der Waals surface area (Å²) in [7, 11) is 0. The average Bonchev–Trinajstić information content (AvgIpc) is 1.82. The Kier molecular flexibility index (Phi) is 5.65. The molecule has 0 aromatic heterocycles. The third kappa shape index (κ3) is 5.01. The van der Waals surface area contributed by atoms with Crippen molar-refractivity contribution in [2.75, 3.05) is 5.88 Å². The van der Waals surface area contributed by atoms with E-state index in [-0.39, 0.29) is 10.7 Å². The molecule has 54 valence electrons. The lowest BCUT2D eigenvalue weighted by Crippen LogP contribution is -2.04. The van der Waals surface area contributed by atoms with Crippen LogP contribution in [0.5, 0.6) is 0 Å². The molecule has 0 saturated heterocycles. The van der Waals surface area contributed by atoms with Crippen molar-refractivity contribution in [3.63, 3.8) is 0 Å². The summed E-state index contributed by atoms with van der Waals surface area (Å²) in [5, 5.41) is 0. The minimum atomic E-state index is 0.0579. The molecule has 0 spiro atoms. The zero-order valence-corrected chi connectivity index (χ0v) is 7.34. The first-order valence-electron chi connectivity index (χ1n) is 2.65. The Morgan fingerprint density at radius 3 is 2.22 bits per heavy atom. The monoisotopic (exact) mass is 187 g/mol. The lowest BCUT2D eigenvalue weighted by molar-refractivity contribution is 0.727. The van der Waals surface area contributed by atoms with Gasteiger partial charge in [0, 0.05) is 5.88 Å². The fourth-order valence-corrected chi connectivity index (χ4v) is 0.936. The molecule has 0 bridgehead atoms. The van der Waals surface area contributed by atoms with Crippen LogP contribution in [-0.2, 0) is 0 Å². The van der Waals surface area contributed by atoms with Crippen molar-refractivity contribution in [3.05, 3.63) is 0 Å². The van der Waals surface area contributed by atoms with E-state index in [0.717, 1.165) is 6.42 Å². The van der Waals surface area contributed by atoms with Crippen LogP contribution < -0.4 is 0 Å². The Labute approximate surface area is 70.0 Å². The molecule has 0 radical (unpaired) electrons. The zero-order valence-electron chi connectivity index (χ0n) is 5.07. The Balaban J connectivity index is 3.68. The zero-order chi connectivity index (χ0) is 7.28. The van der Waals surface area contributed by atoms with Gasteiger partial charge in [0.15, 0.2) is 4.63 Å². The predicted molar refractivity (Wildman–Crippen MR) is 43.9 cm³/mol. The number of alkyl halides is 1. The van der Waals surface area contributed by atoms with Crippen molar-refractivity contribution in [2.24, 2.45) is 4.99 Å². The van der Waals surface area contributed by atoms with Crippen LogP contribution in [0, 0.1) is 0 Å². The first kappa shape index (κ1) is 9.54. The Morgan fingerprint density at radius 2 is 2.11 bits per heavy atom. The van der Waals surface area contributed by atoms with Gasteiger partial charge in [-0.25, -0.2) is 0 Å². The van der Waals surface area contributed by atoms with E-state index in [1.807, 2.05) is 6.92 Å². The molecule has 0 aliphatic rings. The quantitative estimate of drug-likeness (QED) is 0.477. The lowest BCUT2D eigenvalue weighted by atomic mass is 10.3. The third-order valence-electron chi connectivity index (χ3n) is 0.930. The topological polar surface area (TPSA) is 12.4 Å². The molecule has 1 atom stereocenters. The minimum absolute atomic E-state index is 0.0579. The molecule has 4 heteroatoms. The maximum absolute atomic E-state index is 5.49. The number of hydrogen-bond donors (Lipinski definition) is 0. The second kappa shape index (κ2) is 5.33. The third-order valence-corrected chi connectivity index (χ3v) is 1.48. The fraction of sp³-hybridized carbons (Fsp3) is 0.800. The van der Waals surface area contributed by atoms with Crippen LogP contribution in [0.15, 0.2) is 4.99 Å². The summed E-state index contributed by atoms with van der Waals surface area (Å²) in [5.74, 6) is 0.472. The normalized spacial score (nSPS) is 12.9. The van der Waals surface area contributed by atoms with Gasteiger partial charge in [0.05, 0.1) is 6.04 Å². The second-order valence-corrected chi connectivity index (χ2v) is 2.80. The summed E-state index contributed by atoms with van der Waals surface area (Å²) in [6.07, 6.45) is 0.868. The molecule has 1 unspecified atom stereocenters. The van der Waals surface area contributed by atoms with Crippen LogP contribution in [0.1, 0.15) is 13.3 Å². The fourth-order valence-electron chi connectivity index (χ4n) is 0.373.